The molecule has 28 heavy (non-hydrogen) atoms. The van der Waals surface area contributed by atoms with Crippen LogP contribution in [0.25, 0.3) is 0 Å². The molecule has 0 unspecified atom stereocenters. The van der Waals surface area contributed by atoms with Crippen LogP contribution in [0.15, 0.2) is 48.5 Å². The van der Waals surface area contributed by atoms with Crippen molar-refractivity contribution >= 4 is 5.97 Å². The van der Waals surface area contributed by atoms with Crippen LogP contribution in [0, 0.1) is 5.41 Å². The summed E-state index contributed by atoms with van der Waals surface area (Å²) in [5.41, 5.74) is 1.38. The number of hydrogen-bond donors (Lipinski definition) is 1. The van der Waals surface area contributed by atoms with Crippen molar-refractivity contribution in [3.63, 3.8) is 0 Å². The van der Waals surface area contributed by atoms with Gasteiger partial charge in [0.1, 0.15) is 11.5 Å². The summed E-state index contributed by atoms with van der Waals surface area (Å²) in [4.78, 5) is 15.2. The fraction of sp³-hybridized carbons (Fsp3) is 0.435. The molecule has 3 rings (SSSR count). The number of carbonyl (C=O) groups excluding carboxylic acids is 1. The van der Waals surface area contributed by atoms with Gasteiger partial charge in [-0.25, -0.2) is 0 Å². The Bertz CT molecular complexity index is 792. The second-order valence-corrected chi connectivity index (χ2v) is 7.47. The van der Waals surface area contributed by atoms with Crippen LogP contribution in [0.5, 0.6) is 11.5 Å². The molecule has 1 aliphatic rings. The molecule has 1 N–H and O–H groups in total. The lowest BCUT2D eigenvalue weighted by Crippen LogP contribution is -2.49. The second kappa shape index (κ2) is 9.11. The first kappa shape index (κ1) is 20.2. The van der Waals surface area contributed by atoms with Gasteiger partial charge in [0, 0.05) is 18.7 Å². The number of ether oxygens (including phenoxy) is 2. The first-order valence-electron chi connectivity index (χ1n) is 9.86. The van der Waals surface area contributed by atoms with Crippen LogP contribution in [0.3, 0.4) is 0 Å². The molecule has 0 aliphatic carbocycles. The Morgan fingerprint density at radius 2 is 2.00 bits per heavy atom. The smallest absolute Gasteiger partial charge is 0.313 e. The minimum Gasteiger partial charge on any atom is -0.508 e. The Morgan fingerprint density at radius 3 is 2.71 bits per heavy atom. The van der Waals surface area contributed by atoms with Gasteiger partial charge < -0.3 is 14.6 Å². The summed E-state index contributed by atoms with van der Waals surface area (Å²) in [6.45, 7) is 4.29. The predicted octanol–water partition coefficient (Wildman–Crippen LogP) is 3.79. The quantitative estimate of drug-likeness (QED) is 0.737. The third-order valence-corrected chi connectivity index (χ3v) is 5.43. The number of esters is 1. The molecule has 0 saturated carbocycles. The molecule has 0 amide bonds. The first-order chi connectivity index (χ1) is 13.6. The third-order valence-electron chi connectivity index (χ3n) is 5.43. The van der Waals surface area contributed by atoms with Crippen molar-refractivity contribution in [2.45, 2.75) is 32.7 Å². The van der Waals surface area contributed by atoms with Crippen molar-refractivity contribution in [3.05, 3.63) is 59.7 Å². The molecule has 1 aliphatic heterocycles. The van der Waals surface area contributed by atoms with E-state index in [1.807, 2.05) is 31.2 Å². The monoisotopic (exact) mass is 383 g/mol. The summed E-state index contributed by atoms with van der Waals surface area (Å²) in [5.74, 6) is 0.834. The Labute approximate surface area is 166 Å². The molecule has 150 valence electrons. The van der Waals surface area contributed by atoms with Crippen molar-refractivity contribution in [1.29, 1.82) is 0 Å². The number of methoxy groups -OCH3 is 1. The molecule has 0 spiro atoms. The minimum absolute atomic E-state index is 0.126. The summed E-state index contributed by atoms with van der Waals surface area (Å²) in [6, 6.07) is 15.4. The Morgan fingerprint density at radius 1 is 1.21 bits per heavy atom. The molecule has 1 atom stereocenters. The van der Waals surface area contributed by atoms with Gasteiger partial charge in [-0.2, -0.15) is 0 Å². The zero-order chi connectivity index (χ0) is 20.0. The molecule has 1 fully saturated rings. The number of phenolic OH excluding ortho intramolecular Hbond substituents is 1. The van der Waals surface area contributed by atoms with Crippen molar-refractivity contribution < 1.29 is 19.4 Å². The lowest BCUT2D eigenvalue weighted by molar-refractivity contribution is -0.159. The van der Waals surface area contributed by atoms with Crippen LogP contribution in [-0.2, 0) is 22.5 Å². The van der Waals surface area contributed by atoms with Gasteiger partial charge in [-0.3, -0.25) is 9.69 Å². The molecule has 0 radical (unpaired) electrons. The van der Waals surface area contributed by atoms with Gasteiger partial charge in [0.25, 0.3) is 0 Å². The second-order valence-electron chi connectivity index (χ2n) is 7.47. The van der Waals surface area contributed by atoms with E-state index in [1.54, 1.807) is 19.2 Å². The number of likely N-dealkylation sites (tertiary alicyclic amines) is 1. The molecule has 2 aromatic rings. The molecule has 1 saturated heterocycles. The van der Waals surface area contributed by atoms with Gasteiger partial charge in [0.15, 0.2) is 0 Å². The standard InChI is InChI=1S/C23H29NO4/c1-3-28-22(26)23(15-18-8-5-4-6-9-18)12-7-13-24(17-23)16-19-14-20(27-2)10-11-21(19)25/h4-6,8-11,14,25H,3,7,12-13,15-17H2,1-2H3/t23-/m0/s1. The summed E-state index contributed by atoms with van der Waals surface area (Å²) >= 11 is 0. The van der Waals surface area contributed by atoms with E-state index in [9.17, 15) is 9.90 Å². The first-order valence-corrected chi connectivity index (χ1v) is 9.86. The number of nitrogens with zero attached hydrogens (tertiary/aromatic N) is 1. The van der Waals surface area contributed by atoms with Gasteiger partial charge in [-0.15, -0.1) is 0 Å². The largest absolute Gasteiger partial charge is 0.508 e. The average molecular weight is 383 g/mol. The van der Waals surface area contributed by atoms with Crippen LogP contribution in [0.4, 0.5) is 0 Å². The van der Waals surface area contributed by atoms with E-state index in [-0.39, 0.29) is 11.7 Å². The van der Waals surface area contributed by atoms with E-state index in [0.717, 1.165) is 30.5 Å². The van der Waals surface area contributed by atoms with Crippen LogP contribution in [0.2, 0.25) is 0 Å². The van der Waals surface area contributed by atoms with Crippen LogP contribution >= 0.6 is 0 Å². The number of aromatic hydroxyl groups is 1. The maximum Gasteiger partial charge on any atom is 0.313 e. The van der Waals surface area contributed by atoms with E-state index in [1.165, 1.54) is 0 Å². The average Bonchev–Trinajstić information content (AvgIpc) is 2.71. The zero-order valence-corrected chi connectivity index (χ0v) is 16.7. The summed E-state index contributed by atoms with van der Waals surface area (Å²) in [6.07, 6.45) is 2.38. The maximum absolute atomic E-state index is 13.0. The van der Waals surface area contributed by atoms with E-state index in [4.69, 9.17) is 9.47 Å². The zero-order valence-electron chi connectivity index (χ0n) is 16.7. The topological polar surface area (TPSA) is 59.0 Å². The Hall–Kier alpha value is -2.53. The fourth-order valence-electron chi connectivity index (χ4n) is 4.07. The molecule has 1 heterocycles. The highest BCUT2D eigenvalue weighted by atomic mass is 16.5. The molecule has 0 bridgehead atoms. The van der Waals surface area contributed by atoms with Gasteiger partial charge in [0.05, 0.1) is 19.1 Å². The molecular formula is C23H29NO4. The highest BCUT2D eigenvalue weighted by molar-refractivity contribution is 5.77. The van der Waals surface area contributed by atoms with E-state index >= 15 is 0 Å². The fourth-order valence-corrected chi connectivity index (χ4v) is 4.07. The molecular weight excluding hydrogens is 354 g/mol. The molecule has 2 aromatic carbocycles. The van der Waals surface area contributed by atoms with E-state index in [0.29, 0.717) is 31.9 Å². The maximum atomic E-state index is 13.0. The highest BCUT2D eigenvalue weighted by Crippen LogP contribution is 2.36. The highest BCUT2D eigenvalue weighted by Gasteiger charge is 2.43. The van der Waals surface area contributed by atoms with Crippen molar-refractivity contribution in [3.8, 4) is 11.5 Å². The summed E-state index contributed by atoms with van der Waals surface area (Å²) < 4.78 is 10.8. The van der Waals surface area contributed by atoms with E-state index in [2.05, 4.69) is 17.0 Å². The number of rotatable bonds is 7. The van der Waals surface area contributed by atoms with Gasteiger partial charge in [0.2, 0.25) is 0 Å². The lowest BCUT2D eigenvalue weighted by Gasteiger charge is -2.41. The number of benzene rings is 2. The van der Waals surface area contributed by atoms with Crippen molar-refractivity contribution in [2.24, 2.45) is 5.41 Å². The summed E-state index contributed by atoms with van der Waals surface area (Å²) in [7, 11) is 1.61. The number of carbonyl (C=O) groups is 1. The minimum atomic E-state index is -0.565. The van der Waals surface area contributed by atoms with Crippen molar-refractivity contribution in [2.75, 3.05) is 26.8 Å². The molecule has 5 heteroatoms. The third kappa shape index (κ3) is 4.65. The van der Waals surface area contributed by atoms with Gasteiger partial charge >= 0.3 is 5.97 Å². The van der Waals surface area contributed by atoms with Crippen molar-refractivity contribution in [1.82, 2.24) is 4.90 Å². The SMILES string of the molecule is CCOC(=O)[C@]1(Cc2ccccc2)CCCN(Cc2cc(OC)ccc2O)C1. The van der Waals surface area contributed by atoms with Gasteiger partial charge in [-0.05, 0) is 56.5 Å². The normalized spacial score (nSPS) is 19.9. The number of piperidine rings is 1. The van der Waals surface area contributed by atoms with Gasteiger partial charge in [-0.1, -0.05) is 30.3 Å². The van der Waals surface area contributed by atoms with E-state index < -0.39 is 5.41 Å². The van der Waals surface area contributed by atoms with Crippen LogP contribution in [-0.4, -0.2) is 42.8 Å². The Balaban J connectivity index is 1.82. The molecule has 0 aromatic heterocycles. The Kier molecular flexibility index (Phi) is 6.57. The predicted molar refractivity (Wildman–Crippen MR) is 108 cm³/mol. The van der Waals surface area contributed by atoms with Crippen LogP contribution in [0.1, 0.15) is 30.9 Å². The summed E-state index contributed by atoms with van der Waals surface area (Å²) in [5, 5.41) is 10.2. The lowest BCUT2D eigenvalue weighted by atomic mass is 9.75. The molecule has 5 nitrogen and oxygen atoms in total. The van der Waals surface area contributed by atoms with Crippen LogP contribution < -0.4 is 4.74 Å². The number of hydrogen-bond acceptors (Lipinski definition) is 5. The number of phenols is 1.